The minimum Gasteiger partial charge on any atom is -0.415 e. The molecule has 0 atom stereocenters. The topological polar surface area (TPSA) is 51.2 Å². The maximum absolute atomic E-state index is 13.5. The molecule has 1 aromatic heterocycles. The van der Waals surface area contributed by atoms with Crippen molar-refractivity contribution in [2.24, 2.45) is 5.92 Å². The Kier molecular flexibility index (Phi) is 6.20. The lowest BCUT2D eigenvalue weighted by atomic mass is 9.56. The first-order valence-corrected chi connectivity index (χ1v) is 10.1. The highest BCUT2D eigenvalue weighted by molar-refractivity contribution is 6.01. The Morgan fingerprint density at radius 2 is 1.93 bits per heavy atom. The van der Waals surface area contributed by atoms with Crippen LogP contribution >= 0.6 is 0 Å². The molecule has 1 aliphatic carbocycles. The lowest BCUT2D eigenvalue weighted by Gasteiger charge is -2.47. The molecule has 3 rings (SSSR count). The number of rotatable bonds is 7. The molecule has 0 aliphatic heterocycles. The number of pyridine rings is 1. The fourth-order valence-corrected chi connectivity index (χ4v) is 4.22. The van der Waals surface area contributed by atoms with Gasteiger partial charge in [0, 0.05) is 5.69 Å². The third kappa shape index (κ3) is 4.26. The number of aromatic nitrogens is 1. The standard InChI is InChI=1S/C23H28F2N2O2/c1-5-16-12-23(13-16,18-9-7-6-8-17(18)14(2)3)21(28)27-19-11-10-15(4)26-20(19)29-22(24)25/h6-11,14,16,22H,5,12-13H2,1-4H3,(H,27,28). The van der Waals surface area contributed by atoms with Gasteiger partial charge in [-0.3, -0.25) is 4.79 Å². The molecule has 1 aromatic carbocycles. The normalized spacial score (nSPS) is 21.2. The average molecular weight is 402 g/mol. The summed E-state index contributed by atoms with van der Waals surface area (Å²) in [6.45, 7) is 5.02. The molecule has 1 N–H and O–H groups in total. The minimum absolute atomic E-state index is 0.169. The summed E-state index contributed by atoms with van der Waals surface area (Å²) in [5, 5.41) is 2.84. The van der Waals surface area contributed by atoms with E-state index in [1.54, 1.807) is 19.1 Å². The molecule has 6 heteroatoms. The van der Waals surface area contributed by atoms with E-state index in [-0.39, 0.29) is 23.4 Å². The highest BCUT2D eigenvalue weighted by atomic mass is 19.3. The zero-order valence-electron chi connectivity index (χ0n) is 17.3. The van der Waals surface area contributed by atoms with Crippen LogP contribution in [0.15, 0.2) is 36.4 Å². The molecule has 29 heavy (non-hydrogen) atoms. The van der Waals surface area contributed by atoms with E-state index in [4.69, 9.17) is 0 Å². The number of amides is 1. The summed E-state index contributed by atoms with van der Waals surface area (Å²) >= 11 is 0. The summed E-state index contributed by atoms with van der Waals surface area (Å²) in [7, 11) is 0. The molecule has 1 fully saturated rings. The van der Waals surface area contributed by atoms with Gasteiger partial charge in [-0.1, -0.05) is 51.5 Å². The molecule has 0 spiro atoms. The van der Waals surface area contributed by atoms with Crippen LogP contribution in [0.5, 0.6) is 5.88 Å². The first-order chi connectivity index (χ1) is 13.8. The second kappa shape index (κ2) is 8.47. The van der Waals surface area contributed by atoms with Gasteiger partial charge in [-0.25, -0.2) is 4.98 Å². The lowest BCUT2D eigenvalue weighted by Crippen LogP contribution is -2.51. The molecule has 4 nitrogen and oxygen atoms in total. The van der Waals surface area contributed by atoms with Crippen LogP contribution in [0.1, 0.15) is 62.8 Å². The first-order valence-electron chi connectivity index (χ1n) is 10.1. The van der Waals surface area contributed by atoms with Gasteiger partial charge in [0.2, 0.25) is 11.8 Å². The van der Waals surface area contributed by atoms with E-state index in [1.807, 2.05) is 18.2 Å². The Morgan fingerprint density at radius 1 is 1.24 bits per heavy atom. The Balaban J connectivity index is 1.97. The summed E-state index contributed by atoms with van der Waals surface area (Å²) in [4.78, 5) is 17.5. The number of benzene rings is 1. The number of hydrogen-bond donors (Lipinski definition) is 1. The van der Waals surface area contributed by atoms with Crippen molar-refractivity contribution in [1.82, 2.24) is 4.98 Å². The molecule has 1 aliphatic rings. The largest absolute Gasteiger partial charge is 0.415 e. The van der Waals surface area contributed by atoms with Crippen molar-refractivity contribution in [2.45, 2.75) is 64.9 Å². The molecule has 1 saturated carbocycles. The highest BCUT2D eigenvalue weighted by Gasteiger charge is 2.51. The van der Waals surface area contributed by atoms with Gasteiger partial charge in [-0.05, 0) is 54.9 Å². The van der Waals surface area contributed by atoms with Crippen molar-refractivity contribution in [2.75, 3.05) is 5.32 Å². The first kappa shape index (κ1) is 21.2. The Labute approximate surface area is 170 Å². The second-order valence-electron chi connectivity index (χ2n) is 8.14. The number of hydrogen-bond acceptors (Lipinski definition) is 3. The maximum atomic E-state index is 13.5. The van der Waals surface area contributed by atoms with Crippen LogP contribution in [0, 0.1) is 12.8 Å². The van der Waals surface area contributed by atoms with Crippen LogP contribution in [-0.4, -0.2) is 17.5 Å². The quantitative estimate of drug-likeness (QED) is 0.636. The zero-order valence-corrected chi connectivity index (χ0v) is 17.3. The van der Waals surface area contributed by atoms with Crippen LogP contribution < -0.4 is 10.1 Å². The van der Waals surface area contributed by atoms with Gasteiger partial charge in [0.25, 0.3) is 0 Å². The summed E-state index contributed by atoms with van der Waals surface area (Å²) in [5.41, 5.74) is 2.20. The third-order valence-electron chi connectivity index (χ3n) is 5.83. The van der Waals surface area contributed by atoms with E-state index < -0.39 is 12.0 Å². The van der Waals surface area contributed by atoms with Crippen LogP contribution in [0.2, 0.25) is 0 Å². The van der Waals surface area contributed by atoms with Crippen molar-refractivity contribution in [1.29, 1.82) is 0 Å². The van der Waals surface area contributed by atoms with Crippen LogP contribution in [0.4, 0.5) is 14.5 Å². The Morgan fingerprint density at radius 3 is 2.55 bits per heavy atom. The summed E-state index contributed by atoms with van der Waals surface area (Å²) in [5.74, 6) is 0.288. The molecule has 0 bridgehead atoms. The fourth-order valence-electron chi connectivity index (χ4n) is 4.22. The van der Waals surface area contributed by atoms with E-state index >= 15 is 0 Å². The predicted octanol–water partition coefficient (Wildman–Crippen LogP) is 5.81. The van der Waals surface area contributed by atoms with E-state index in [2.05, 4.69) is 41.9 Å². The number of nitrogens with zero attached hydrogens (tertiary/aromatic N) is 1. The molecule has 0 unspecified atom stereocenters. The van der Waals surface area contributed by atoms with Gasteiger partial charge >= 0.3 is 6.61 Å². The zero-order chi connectivity index (χ0) is 21.2. The number of ether oxygens (including phenoxy) is 1. The van der Waals surface area contributed by atoms with Crippen LogP contribution in [0.3, 0.4) is 0 Å². The number of carbonyl (C=O) groups is 1. The van der Waals surface area contributed by atoms with Gasteiger partial charge in [0.15, 0.2) is 0 Å². The Hall–Kier alpha value is -2.50. The van der Waals surface area contributed by atoms with Crippen molar-refractivity contribution in [3.8, 4) is 5.88 Å². The van der Waals surface area contributed by atoms with Crippen molar-refractivity contribution in [3.05, 3.63) is 53.2 Å². The van der Waals surface area contributed by atoms with Crippen LogP contribution in [0.25, 0.3) is 0 Å². The van der Waals surface area contributed by atoms with Gasteiger partial charge < -0.3 is 10.1 Å². The molecule has 0 radical (unpaired) electrons. The number of nitrogens with one attached hydrogen (secondary N) is 1. The number of alkyl halides is 2. The fraction of sp³-hybridized carbons (Fsp3) is 0.478. The average Bonchev–Trinajstić information content (AvgIpc) is 2.63. The van der Waals surface area contributed by atoms with E-state index in [0.29, 0.717) is 11.6 Å². The van der Waals surface area contributed by atoms with Crippen LogP contribution in [-0.2, 0) is 10.2 Å². The number of anilines is 1. The number of aryl methyl sites for hydroxylation is 1. The van der Waals surface area contributed by atoms with Crippen molar-refractivity contribution >= 4 is 11.6 Å². The minimum atomic E-state index is -3.01. The maximum Gasteiger partial charge on any atom is 0.388 e. The van der Waals surface area contributed by atoms with Gasteiger partial charge in [0.05, 0.1) is 5.41 Å². The predicted molar refractivity (Wildman–Crippen MR) is 109 cm³/mol. The third-order valence-corrected chi connectivity index (χ3v) is 5.83. The Bertz CT molecular complexity index is 877. The number of carbonyl (C=O) groups excluding carboxylic acids is 1. The molecule has 1 heterocycles. The molecule has 1 amide bonds. The molecule has 2 aromatic rings. The van der Waals surface area contributed by atoms with Crippen molar-refractivity contribution < 1.29 is 18.3 Å². The molecule has 156 valence electrons. The van der Waals surface area contributed by atoms with Gasteiger partial charge in [-0.15, -0.1) is 0 Å². The summed E-state index contributed by atoms with van der Waals surface area (Å²) in [6, 6.07) is 11.2. The van der Waals surface area contributed by atoms with Crippen molar-refractivity contribution in [3.63, 3.8) is 0 Å². The smallest absolute Gasteiger partial charge is 0.388 e. The van der Waals surface area contributed by atoms with E-state index in [0.717, 1.165) is 30.4 Å². The number of halogens is 2. The van der Waals surface area contributed by atoms with Gasteiger partial charge in [0.1, 0.15) is 5.69 Å². The monoisotopic (exact) mass is 402 g/mol. The summed E-state index contributed by atoms with van der Waals surface area (Å²) < 4.78 is 30.2. The van der Waals surface area contributed by atoms with E-state index in [9.17, 15) is 13.6 Å². The SMILES string of the molecule is CCC1CC(C(=O)Nc2ccc(C)nc2OC(F)F)(c2ccccc2C(C)C)C1. The molecule has 0 saturated heterocycles. The second-order valence-corrected chi connectivity index (χ2v) is 8.14. The van der Waals surface area contributed by atoms with Gasteiger partial charge in [-0.2, -0.15) is 8.78 Å². The molecular formula is C23H28F2N2O2. The summed E-state index contributed by atoms with van der Waals surface area (Å²) in [6.07, 6.45) is 2.48. The molecular weight excluding hydrogens is 374 g/mol. The lowest BCUT2D eigenvalue weighted by molar-refractivity contribution is -0.126. The highest BCUT2D eigenvalue weighted by Crippen LogP contribution is 2.51. The van der Waals surface area contributed by atoms with E-state index in [1.165, 1.54) is 0 Å².